The minimum absolute atomic E-state index is 0.0124. The van der Waals surface area contributed by atoms with Crippen molar-refractivity contribution in [3.8, 4) is 0 Å². The minimum Gasteiger partial charge on any atom is -0.343 e. The molecule has 2 amide bonds. The maximum Gasteiger partial charge on any atom is 0.246 e. The van der Waals surface area contributed by atoms with Gasteiger partial charge in [0.15, 0.2) is 0 Å². The van der Waals surface area contributed by atoms with Crippen LogP contribution in [0.2, 0.25) is 0 Å². The summed E-state index contributed by atoms with van der Waals surface area (Å²) in [5.41, 5.74) is 0. The first-order valence-corrected chi connectivity index (χ1v) is 7.48. The highest BCUT2D eigenvalue weighted by Gasteiger charge is 2.29. The smallest absolute Gasteiger partial charge is 0.246 e. The lowest BCUT2D eigenvalue weighted by molar-refractivity contribution is -0.137. The van der Waals surface area contributed by atoms with Gasteiger partial charge in [0.25, 0.3) is 0 Å². The van der Waals surface area contributed by atoms with Gasteiger partial charge in [-0.15, -0.1) is 0 Å². The van der Waals surface area contributed by atoms with Crippen molar-refractivity contribution < 1.29 is 9.59 Å². The third-order valence-corrected chi connectivity index (χ3v) is 4.42. The molecule has 2 fully saturated rings. The molecular formula is C12H20N2O2S. The Labute approximate surface area is 106 Å². The van der Waals surface area contributed by atoms with Crippen LogP contribution in [0.3, 0.4) is 0 Å². The zero-order valence-electron chi connectivity index (χ0n) is 10.3. The Morgan fingerprint density at radius 2 is 2.35 bits per heavy atom. The quantitative estimate of drug-likeness (QED) is 0.757. The number of nitrogens with one attached hydrogen (secondary N) is 1. The molecule has 1 N–H and O–H groups in total. The molecule has 0 saturated carbocycles. The van der Waals surface area contributed by atoms with Crippen LogP contribution < -0.4 is 5.32 Å². The topological polar surface area (TPSA) is 49.4 Å². The van der Waals surface area contributed by atoms with Crippen LogP contribution in [0.4, 0.5) is 0 Å². The molecule has 2 rings (SSSR count). The third kappa shape index (κ3) is 3.37. The standard InChI is InChI=1S/C12H20N2O2S/c1-9-3-2-5-14(7-9)12(16)10-8-17-6-4-11(15)13-10/h9-10H,2-8H2,1H3,(H,13,15)/t9-,10+/m0/s1. The third-order valence-electron chi connectivity index (χ3n) is 3.36. The van der Waals surface area contributed by atoms with Crippen LogP contribution in [0, 0.1) is 5.92 Å². The average molecular weight is 256 g/mol. The van der Waals surface area contributed by atoms with E-state index in [2.05, 4.69) is 12.2 Å². The molecule has 0 aromatic heterocycles. The van der Waals surface area contributed by atoms with Crippen molar-refractivity contribution in [1.82, 2.24) is 10.2 Å². The maximum atomic E-state index is 12.3. The Bertz CT molecular complexity index is 309. The van der Waals surface area contributed by atoms with E-state index in [1.807, 2.05) is 4.90 Å². The molecule has 0 bridgehead atoms. The van der Waals surface area contributed by atoms with E-state index in [0.717, 1.165) is 31.0 Å². The summed E-state index contributed by atoms with van der Waals surface area (Å²) in [6, 6.07) is -0.305. The fraction of sp³-hybridized carbons (Fsp3) is 0.833. The monoisotopic (exact) mass is 256 g/mol. The second-order valence-corrected chi connectivity index (χ2v) is 6.13. The van der Waals surface area contributed by atoms with Crippen LogP contribution in [0.1, 0.15) is 26.2 Å². The first-order chi connectivity index (χ1) is 8.16. The van der Waals surface area contributed by atoms with Crippen molar-refractivity contribution >= 4 is 23.6 Å². The van der Waals surface area contributed by atoms with Crippen LogP contribution in [0.25, 0.3) is 0 Å². The number of hydrogen-bond donors (Lipinski definition) is 1. The molecule has 0 unspecified atom stereocenters. The van der Waals surface area contributed by atoms with E-state index in [-0.39, 0.29) is 17.9 Å². The fourth-order valence-electron chi connectivity index (χ4n) is 2.42. The number of piperidine rings is 1. The van der Waals surface area contributed by atoms with Gasteiger partial charge in [0.1, 0.15) is 6.04 Å². The van der Waals surface area contributed by atoms with Gasteiger partial charge in [-0.3, -0.25) is 9.59 Å². The number of likely N-dealkylation sites (tertiary alicyclic amines) is 1. The molecule has 0 aliphatic carbocycles. The van der Waals surface area contributed by atoms with E-state index < -0.39 is 0 Å². The van der Waals surface area contributed by atoms with Crippen LogP contribution >= 0.6 is 11.8 Å². The summed E-state index contributed by atoms with van der Waals surface area (Å²) in [6.07, 6.45) is 2.82. The summed E-state index contributed by atoms with van der Waals surface area (Å²) in [6.45, 7) is 3.87. The molecule has 5 heteroatoms. The predicted molar refractivity (Wildman–Crippen MR) is 68.9 cm³/mol. The number of amides is 2. The van der Waals surface area contributed by atoms with E-state index in [1.165, 1.54) is 6.42 Å². The molecule has 0 spiro atoms. The number of rotatable bonds is 1. The largest absolute Gasteiger partial charge is 0.343 e. The van der Waals surface area contributed by atoms with Gasteiger partial charge < -0.3 is 10.2 Å². The molecule has 0 radical (unpaired) electrons. The summed E-state index contributed by atoms with van der Waals surface area (Å²) in [5.74, 6) is 2.25. The first-order valence-electron chi connectivity index (χ1n) is 6.32. The number of carbonyl (C=O) groups is 2. The Hall–Kier alpha value is -0.710. The number of nitrogens with zero attached hydrogens (tertiary/aromatic N) is 1. The van der Waals surface area contributed by atoms with Gasteiger partial charge in [-0.2, -0.15) is 11.8 Å². The number of thioether (sulfide) groups is 1. The molecule has 2 aliphatic heterocycles. The molecule has 2 atom stereocenters. The molecule has 0 aromatic rings. The van der Waals surface area contributed by atoms with Gasteiger partial charge in [0, 0.05) is 31.0 Å². The zero-order chi connectivity index (χ0) is 12.3. The average Bonchev–Trinajstić information content (AvgIpc) is 2.53. The molecule has 0 aromatic carbocycles. The molecule has 2 aliphatic rings. The van der Waals surface area contributed by atoms with Crippen LogP contribution in [-0.2, 0) is 9.59 Å². The highest BCUT2D eigenvalue weighted by atomic mass is 32.2. The van der Waals surface area contributed by atoms with Crippen molar-refractivity contribution in [1.29, 1.82) is 0 Å². The lowest BCUT2D eigenvalue weighted by Gasteiger charge is -2.33. The van der Waals surface area contributed by atoms with Crippen molar-refractivity contribution in [3.63, 3.8) is 0 Å². The van der Waals surface area contributed by atoms with E-state index in [9.17, 15) is 9.59 Å². The maximum absolute atomic E-state index is 12.3. The van der Waals surface area contributed by atoms with Crippen LogP contribution in [-0.4, -0.2) is 47.4 Å². The summed E-state index contributed by atoms with van der Waals surface area (Å²) in [5, 5.41) is 2.84. The summed E-state index contributed by atoms with van der Waals surface area (Å²) < 4.78 is 0. The Balaban J connectivity index is 1.95. The zero-order valence-corrected chi connectivity index (χ0v) is 11.1. The summed E-state index contributed by atoms with van der Waals surface area (Å²) in [7, 11) is 0. The van der Waals surface area contributed by atoms with Gasteiger partial charge >= 0.3 is 0 Å². The summed E-state index contributed by atoms with van der Waals surface area (Å²) in [4.78, 5) is 25.7. The van der Waals surface area contributed by atoms with E-state index in [0.29, 0.717) is 12.3 Å². The number of hydrogen-bond acceptors (Lipinski definition) is 3. The second-order valence-electron chi connectivity index (χ2n) is 4.98. The van der Waals surface area contributed by atoms with Gasteiger partial charge in [-0.25, -0.2) is 0 Å². The normalized spacial score (nSPS) is 30.6. The van der Waals surface area contributed by atoms with E-state index >= 15 is 0 Å². The predicted octanol–water partition coefficient (Wildman–Crippen LogP) is 0.867. The van der Waals surface area contributed by atoms with Gasteiger partial charge in [-0.05, 0) is 18.8 Å². The van der Waals surface area contributed by atoms with Crippen molar-refractivity contribution in [3.05, 3.63) is 0 Å². The highest BCUT2D eigenvalue weighted by molar-refractivity contribution is 7.99. The van der Waals surface area contributed by atoms with E-state index in [1.54, 1.807) is 11.8 Å². The fourth-order valence-corrected chi connectivity index (χ4v) is 3.38. The van der Waals surface area contributed by atoms with Crippen molar-refractivity contribution in [2.45, 2.75) is 32.2 Å². The lowest BCUT2D eigenvalue weighted by Crippen LogP contribution is -2.51. The van der Waals surface area contributed by atoms with Gasteiger partial charge in [0.2, 0.25) is 11.8 Å². The molecule has 2 saturated heterocycles. The second kappa shape index (κ2) is 5.76. The molecular weight excluding hydrogens is 236 g/mol. The van der Waals surface area contributed by atoms with Gasteiger partial charge in [0.05, 0.1) is 0 Å². The summed E-state index contributed by atoms with van der Waals surface area (Å²) >= 11 is 1.69. The van der Waals surface area contributed by atoms with Crippen LogP contribution in [0.5, 0.6) is 0 Å². The van der Waals surface area contributed by atoms with Gasteiger partial charge in [-0.1, -0.05) is 6.92 Å². The highest BCUT2D eigenvalue weighted by Crippen LogP contribution is 2.18. The van der Waals surface area contributed by atoms with Crippen molar-refractivity contribution in [2.75, 3.05) is 24.6 Å². The molecule has 17 heavy (non-hydrogen) atoms. The number of carbonyl (C=O) groups excluding carboxylic acids is 2. The van der Waals surface area contributed by atoms with Crippen molar-refractivity contribution in [2.24, 2.45) is 5.92 Å². The Kier molecular flexibility index (Phi) is 4.31. The van der Waals surface area contributed by atoms with Crippen LogP contribution in [0.15, 0.2) is 0 Å². The molecule has 96 valence electrons. The van der Waals surface area contributed by atoms with E-state index in [4.69, 9.17) is 0 Å². The molecule has 2 heterocycles. The molecule has 4 nitrogen and oxygen atoms in total. The Morgan fingerprint density at radius 1 is 1.53 bits per heavy atom. The first kappa shape index (κ1) is 12.7. The Morgan fingerprint density at radius 3 is 3.12 bits per heavy atom. The minimum atomic E-state index is -0.305. The SMILES string of the molecule is C[C@H]1CCCN(C(=O)[C@H]2CSCCC(=O)N2)C1. The lowest BCUT2D eigenvalue weighted by atomic mass is 10.00.